The number of thiazole rings is 1. The van der Waals surface area contributed by atoms with Gasteiger partial charge in [0.05, 0.1) is 12.8 Å². The number of carbonyl (C=O) groups is 2. The zero-order chi connectivity index (χ0) is 29.4. The molecule has 2 saturated heterocycles. The SMILES string of the molecule is CN1CCC2(CCCN(Cc3nccs3)C2CNS(C)(=O)=O)CC1.O=C(O)C(F)(F)F.O=C(O)C(F)(F)F. The van der Waals surface area contributed by atoms with Gasteiger partial charge in [0.25, 0.3) is 0 Å². The topological polar surface area (TPSA) is 140 Å². The summed E-state index contributed by atoms with van der Waals surface area (Å²) in [6.07, 6.45) is -2.39. The lowest BCUT2D eigenvalue weighted by Gasteiger charge is -2.53. The van der Waals surface area contributed by atoms with Crippen LogP contribution in [-0.4, -0.2) is 103 Å². The van der Waals surface area contributed by atoms with E-state index < -0.39 is 34.3 Å². The summed E-state index contributed by atoms with van der Waals surface area (Å²) in [5, 5.41) is 17.4. The maximum Gasteiger partial charge on any atom is 0.490 e. The zero-order valence-electron chi connectivity index (χ0n) is 20.5. The molecule has 1 atom stereocenters. The predicted molar refractivity (Wildman–Crippen MR) is 125 cm³/mol. The molecule has 0 aromatic carbocycles. The molecule has 0 amide bonds. The van der Waals surface area contributed by atoms with Crippen molar-refractivity contribution in [2.24, 2.45) is 5.41 Å². The average Bonchev–Trinajstić information content (AvgIpc) is 3.27. The van der Waals surface area contributed by atoms with Gasteiger partial charge in [-0.25, -0.2) is 27.7 Å². The number of piperidine rings is 2. The maximum absolute atomic E-state index is 11.7. The predicted octanol–water partition coefficient (Wildman–Crippen LogP) is 2.64. The van der Waals surface area contributed by atoms with E-state index in [4.69, 9.17) is 19.8 Å². The number of hydrogen-bond donors (Lipinski definition) is 3. The Morgan fingerprint density at radius 1 is 1.08 bits per heavy atom. The van der Waals surface area contributed by atoms with Gasteiger partial charge in [-0.05, 0) is 57.8 Å². The van der Waals surface area contributed by atoms with Gasteiger partial charge < -0.3 is 15.1 Å². The number of sulfonamides is 1. The van der Waals surface area contributed by atoms with Gasteiger partial charge in [-0.3, -0.25) is 4.90 Å². The first-order chi connectivity index (χ1) is 17.3. The lowest BCUT2D eigenvalue weighted by molar-refractivity contribution is -0.193. The number of nitrogens with zero attached hydrogens (tertiary/aromatic N) is 3. The molecule has 2 aliphatic heterocycles. The quantitative estimate of drug-likeness (QED) is 0.435. The summed E-state index contributed by atoms with van der Waals surface area (Å²) in [6, 6.07) is 0.249. The van der Waals surface area contributed by atoms with Crippen molar-refractivity contribution < 1.29 is 54.6 Å². The highest BCUT2D eigenvalue weighted by atomic mass is 32.2. The summed E-state index contributed by atoms with van der Waals surface area (Å²) >= 11 is 1.68. The molecule has 2 fully saturated rings. The third-order valence-corrected chi connectivity index (χ3v) is 7.55. The number of aliphatic carboxylic acids is 2. The third kappa shape index (κ3) is 11.8. The van der Waals surface area contributed by atoms with Crippen molar-refractivity contribution in [1.82, 2.24) is 19.5 Å². The van der Waals surface area contributed by atoms with Crippen LogP contribution in [0, 0.1) is 5.41 Å². The first-order valence-corrected chi connectivity index (χ1v) is 13.9. The highest BCUT2D eigenvalue weighted by molar-refractivity contribution is 7.88. The molecule has 3 rings (SSSR count). The lowest BCUT2D eigenvalue weighted by Crippen LogP contribution is -2.59. The molecule has 3 heterocycles. The molecule has 0 saturated carbocycles. The summed E-state index contributed by atoms with van der Waals surface area (Å²) < 4.78 is 89.6. The fourth-order valence-corrected chi connectivity index (χ4v) is 5.36. The number of nitrogens with one attached hydrogen (secondary N) is 1. The number of halogens is 6. The minimum atomic E-state index is -5.08. The average molecular weight is 601 g/mol. The molecular weight excluding hydrogens is 570 g/mol. The van der Waals surface area contributed by atoms with Crippen LogP contribution >= 0.6 is 11.3 Å². The largest absolute Gasteiger partial charge is 0.490 e. The van der Waals surface area contributed by atoms with Crippen molar-refractivity contribution in [2.45, 2.75) is 50.6 Å². The lowest BCUT2D eigenvalue weighted by atomic mass is 9.67. The van der Waals surface area contributed by atoms with Crippen molar-refractivity contribution in [3.63, 3.8) is 0 Å². The monoisotopic (exact) mass is 600 g/mol. The molecule has 220 valence electrons. The van der Waals surface area contributed by atoms with E-state index in [2.05, 4.69) is 26.6 Å². The van der Waals surface area contributed by atoms with Crippen LogP contribution in [0.15, 0.2) is 11.6 Å². The van der Waals surface area contributed by atoms with Crippen molar-refractivity contribution in [2.75, 3.05) is 39.5 Å². The van der Waals surface area contributed by atoms with E-state index in [9.17, 15) is 34.8 Å². The van der Waals surface area contributed by atoms with Gasteiger partial charge in [-0.2, -0.15) is 26.3 Å². The second-order valence-electron chi connectivity index (χ2n) is 8.91. The van der Waals surface area contributed by atoms with E-state index in [-0.39, 0.29) is 11.5 Å². The Labute approximate surface area is 219 Å². The van der Waals surface area contributed by atoms with Crippen LogP contribution in [0.4, 0.5) is 26.3 Å². The van der Waals surface area contributed by atoms with E-state index in [0.717, 1.165) is 44.0 Å². The van der Waals surface area contributed by atoms with Crippen molar-refractivity contribution in [3.05, 3.63) is 16.6 Å². The summed E-state index contributed by atoms with van der Waals surface area (Å²) in [6.45, 7) is 4.55. The van der Waals surface area contributed by atoms with Gasteiger partial charge >= 0.3 is 24.3 Å². The Morgan fingerprint density at radius 3 is 1.97 bits per heavy atom. The van der Waals surface area contributed by atoms with Crippen LogP contribution in [-0.2, 0) is 26.2 Å². The molecule has 0 radical (unpaired) electrons. The number of aromatic nitrogens is 1. The van der Waals surface area contributed by atoms with Crippen LogP contribution in [0.1, 0.15) is 30.7 Å². The van der Waals surface area contributed by atoms with Crippen molar-refractivity contribution in [1.29, 1.82) is 0 Å². The minimum Gasteiger partial charge on any atom is -0.475 e. The molecular formula is C20H30F6N4O6S2. The maximum atomic E-state index is 11.7. The van der Waals surface area contributed by atoms with Gasteiger partial charge in [0, 0.05) is 24.2 Å². The molecule has 18 heteroatoms. The van der Waals surface area contributed by atoms with E-state index in [1.807, 2.05) is 11.6 Å². The first kappa shape index (κ1) is 34.0. The Bertz CT molecular complexity index is 973. The minimum absolute atomic E-state index is 0.222. The molecule has 1 unspecified atom stereocenters. The van der Waals surface area contributed by atoms with E-state index in [0.29, 0.717) is 6.54 Å². The normalized spacial score (nSPS) is 20.6. The van der Waals surface area contributed by atoms with Crippen molar-refractivity contribution >= 4 is 33.3 Å². The molecule has 1 aromatic heterocycles. The van der Waals surface area contributed by atoms with Gasteiger partial charge in [0.1, 0.15) is 5.01 Å². The summed E-state index contributed by atoms with van der Waals surface area (Å²) in [4.78, 5) is 27.1. The molecule has 3 N–H and O–H groups in total. The summed E-state index contributed by atoms with van der Waals surface area (Å²) in [5.74, 6) is -5.51. The van der Waals surface area contributed by atoms with Gasteiger partial charge in [0.15, 0.2) is 0 Å². The van der Waals surface area contributed by atoms with Crippen LogP contribution < -0.4 is 4.72 Å². The Morgan fingerprint density at radius 2 is 1.58 bits per heavy atom. The molecule has 1 aromatic rings. The van der Waals surface area contributed by atoms with E-state index in [1.165, 1.54) is 19.1 Å². The van der Waals surface area contributed by atoms with Crippen LogP contribution in [0.5, 0.6) is 0 Å². The molecule has 1 spiro atoms. The number of alkyl halides is 6. The van der Waals surface area contributed by atoms with Gasteiger partial charge in [0.2, 0.25) is 10.0 Å². The molecule has 0 bridgehead atoms. The first-order valence-electron chi connectivity index (χ1n) is 11.1. The van der Waals surface area contributed by atoms with Gasteiger partial charge in [-0.1, -0.05) is 0 Å². The Hall–Kier alpha value is -2.02. The second kappa shape index (κ2) is 13.9. The highest BCUT2D eigenvalue weighted by Gasteiger charge is 2.46. The van der Waals surface area contributed by atoms with Crippen molar-refractivity contribution in [3.8, 4) is 0 Å². The number of carboxylic acid groups (broad SMARTS) is 2. The highest BCUT2D eigenvalue weighted by Crippen LogP contribution is 2.44. The smallest absolute Gasteiger partial charge is 0.475 e. The number of likely N-dealkylation sites (tertiary alicyclic amines) is 2. The van der Waals surface area contributed by atoms with Crippen LogP contribution in [0.2, 0.25) is 0 Å². The number of hydrogen-bond acceptors (Lipinski definition) is 8. The Kier molecular flexibility index (Phi) is 12.4. The van der Waals surface area contributed by atoms with E-state index in [1.54, 1.807) is 11.3 Å². The second-order valence-corrected chi connectivity index (χ2v) is 11.7. The number of rotatable bonds is 5. The van der Waals surface area contributed by atoms with Gasteiger partial charge in [-0.15, -0.1) is 11.3 Å². The molecule has 10 nitrogen and oxygen atoms in total. The standard InChI is InChI=1S/C16H28N4O2S2.2C2HF3O2/c1-19-9-5-16(6-10-19)4-3-8-20(13-15-17-7-11-23-15)14(16)12-18-24(2,21)22;2*3-2(4,5)1(6)7/h7,11,14,18H,3-6,8-10,12-13H2,1-2H3;2*(H,6,7). The molecule has 2 aliphatic rings. The fraction of sp³-hybridized carbons (Fsp3) is 0.750. The van der Waals surface area contributed by atoms with E-state index >= 15 is 0 Å². The fourth-order valence-electron chi connectivity index (χ4n) is 4.26. The zero-order valence-corrected chi connectivity index (χ0v) is 22.2. The number of carboxylic acids is 2. The molecule has 0 aliphatic carbocycles. The molecule has 38 heavy (non-hydrogen) atoms. The summed E-state index contributed by atoms with van der Waals surface area (Å²) in [5.41, 5.74) is 0.222. The van der Waals surface area contributed by atoms with Crippen LogP contribution in [0.3, 0.4) is 0 Å². The third-order valence-electron chi connectivity index (χ3n) is 6.10. The Balaban J connectivity index is 0.000000426. The van der Waals surface area contributed by atoms with Crippen LogP contribution in [0.25, 0.3) is 0 Å². The summed E-state index contributed by atoms with van der Waals surface area (Å²) in [7, 11) is -1.00.